The average molecular weight is 221 g/mol. The van der Waals surface area contributed by atoms with Crippen LogP contribution in [-0.2, 0) is 11.2 Å². The van der Waals surface area contributed by atoms with E-state index in [4.69, 9.17) is 9.47 Å². The molecule has 4 heteroatoms. The van der Waals surface area contributed by atoms with Gasteiger partial charge in [0, 0.05) is 12.5 Å². The first-order chi connectivity index (χ1) is 7.80. The van der Waals surface area contributed by atoms with Gasteiger partial charge >= 0.3 is 0 Å². The van der Waals surface area contributed by atoms with Gasteiger partial charge in [-0.05, 0) is 29.7 Å². The first-order valence-electron chi connectivity index (χ1n) is 5.22. The van der Waals surface area contributed by atoms with Crippen molar-refractivity contribution in [2.45, 2.75) is 12.3 Å². The molecule has 0 fully saturated rings. The summed E-state index contributed by atoms with van der Waals surface area (Å²) < 4.78 is 10.5. The first-order valence-corrected chi connectivity index (χ1v) is 5.22. The standard InChI is InChI=1S/C12H15NO3/c1-15-11-4-8-3-9(6-13-7-14)10(8)5-12(11)16-2/h4-5,7,9H,3,6H2,1-2H3,(H,13,14). The lowest BCUT2D eigenvalue weighted by Crippen LogP contribution is -2.28. The summed E-state index contributed by atoms with van der Waals surface area (Å²) in [6.45, 7) is 0.686. The lowest BCUT2D eigenvalue weighted by molar-refractivity contribution is -0.109. The van der Waals surface area contributed by atoms with E-state index in [0.717, 1.165) is 24.3 Å². The summed E-state index contributed by atoms with van der Waals surface area (Å²) in [5.41, 5.74) is 2.52. The lowest BCUT2D eigenvalue weighted by atomic mass is 9.77. The molecule has 0 heterocycles. The molecule has 0 saturated carbocycles. The van der Waals surface area contributed by atoms with Gasteiger partial charge in [-0.2, -0.15) is 0 Å². The number of amides is 1. The molecule has 0 aromatic heterocycles. The van der Waals surface area contributed by atoms with Crippen LogP contribution in [0.2, 0.25) is 0 Å². The second-order valence-corrected chi connectivity index (χ2v) is 3.83. The van der Waals surface area contributed by atoms with Crippen molar-refractivity contribution in [3.8, 4) is 11.5 Å². The predicted octanol–water partition coefficient (Wildman–Crippen LogP) is 1.09. The van der Waals surface area contributed by atoms with E-state index < -0.39 is 0 Å². The van der Waals surface area contributed by atoms with Crippen molar-refractivity contribution in [1.82, 2.24) is 5.32 Å². The molecule has 2 rings (SSSR count). The van der Waals surface area contributed by atoms with Gasteiger partial charge in [-0.3, -0.25) is 4.79 Å². The molecule has 86 valence electrons. The third kappa shape index (κ3) is 1.71. The third-order valence-electron chi connectivity index (χ3n) is 3.00. The fourth-order valence-corrected chi connectivity index (χ4v) is 2.11. The molecule has 0 spiro atoms. The number of carbonyl (C=O) groups is 1. The molecule has 1 aromatic carbocycles. The Morgan fingerprint density at radius 1 is 1.38 bits per heavy atom. The number of ether oxygens (including phenoxy) is 2. The molecule has 1 unspecified atom stereocenters. The van der Waals surface area contributed by atoms with E-state index in [-0.39, 0.29) is 0 Å². The van der Waals surface area contributed by atoms with Gasteiger partial charge in [0.1, 0.15) is 0 Å². The molecule has 1 aliphatic carbocycles. The maximum Gasteiger partial charge on any atom is 0.207 e. The molecule has 1 aromatic rings. The van der Waals surface area contributed by atoms with E-state index in [2.05, 4.69) is 5.32 Å². The van der Waals surface area contributed by atoms with Crippen molar-refractivity contribution in [3.05, 3.63) is 23.3 Å². The normalized spacial score (nSPS) is 17.0. The highest BCUT2D eigenvalue weighted by Gasteiger charge is 2.27. The van der Waals surface area contributed by atoms with Crippen molar-refractivity contribution in [1.29, 1.82) is 0 Å². The highest BCUT2D eigenvalue weighted by molar-refractivity contribution is 5.54. The summed E-state index contributed by atoms with van der Waals surface area (Å²) in [6.07, 6.45) is 1.72. The number of nitrogens with one attached hydrogen (secondary N) is 1. The molecule has 4 nitrogen and oxygen atoms in total. The van der Waals surface area contributed by atoms with Gasteiger partial charge in [-0.1, -0.05) is 0 Å². The zero-order valence-electron chi connectivity index (χ0n) is 9.45. The van der Waals surface area contributed by atoms with Crippen LogP contribution in [0.1, 0.15) is 17.0 Å². The molecule has 1 atom stereocenters. The van der Waals surface area contributed by atoms with Gasteiger partial charge < -0.3 is 14.8 Å². The van der Waals surface area contributed by atoms with E-state index in [1.54, 1.807) is 14.2 Å². The third-order valence-corrected chi connectivity index (χ3v) is 3.00. The van der Waals surface area contributed by atoms with Crippen LogP contribution in [0.3, 0.4) is 0 Å². The zero-order chi connectivity index (χ0) is 11.5. The highest BCUT2D eigenvalue weighted by atomic mass is 16.5. The molecule has 1 aliphatic rings. The molecule has 0 aliphatic heterocycles. The maximum absolute atomic E-state index is 10.2. The fraction of sp³-hybridized carbons (Fsp3) is 0.417. The SMILES string of the molecule is COc1cc2c(cc1OC)C(CNC=O)C2. The highest BCUT2D eigenvalue weighted by Crippen LogP contribution is 2.41. The van der Waals surface area contributed by atoms with Gasteiger partial charge in [0.2, 0.25) is 6.41 Å². The molecule has 1 amide bonds. The Balaban J connectivity index is 2.20. The van der Waals surface area contributed by atoms with E-state index in [0.29, 0.717) is 12.5 Å². The van der Waals surface area contributed by atoms with Crippen LogP contribution >= 0.6 is 0 Å². The van der Waals surface area contributed by atoms with Crippen molar-refractivity contribution in [3.63, 3.8) is 0 Å². The van der Waals surface area contributed by atoms with E-state index in [9.17, 15) is 4.79 Å². The Morgan fingerprint density at radius 2 is 2.06 bits per heavy atom. The van der Waals surface area contributed by atoms with Crippen LogP contribution in [0.5, 0.6) is 11.5 Å². The van der Waals surface area contributed by atoms with Gasteiger partial charge in [0.05, 0.1) is 14.2 Å². The second-order valence-electron chi connectivity index (χ2n) is 3.83. The van der Waals surface area contributed by atoms with Gasteiger partial charge in [0.25, 0.3) is 0 Å². The minimum Gasteiger partial charge on any atom is -0.493 e. The second kappa shape index (κ2) is 4.43. The number of methoxy groups -OCH3 is 2. The van der Waals surface area contributed by atoms with Crippen molar-refractivity contribution < 1.29 is 14.3 Å². The largest absolute Gasteiger partial charge is 0.493 e. The Labute approximate surface area is 94.6 Å². The minimum absolute atomic E-state index is 0.403. The van der Waals surface area contributed by atoms with Crippen LogP contribution in [0.15, 0.2) is 12.1 Å². The molecular weight excluding hydrogens is 206 g/mol. The average Bonchev–Trinajstić information content (AvgIpc) is 2.30. The van der Waals surface area contributed by atoms with Gasteiger partial charge in [-0.15, -0.1) is 0 Å². The Bertz CT molecular complexity index is 403. The number of rotatable bonds is 5. The summed E-state index contributed by atoms with van der Waals surface area (Å²) in [6, 6.07) is 4.00. The van der Waals surface area contributed by atoms with Gasteiger partial charge in [0.15, 0.2) is 11.5 Å². The molecule has 0 radical (unpaired) electrons. The predicted molar refractivity (Wildman–Crippen MR) is 60.1 cm³/mol. The van der Waals surface area contributed by atoms with Crippen LogP contribution in [0.25, 0.3) is 0 Å². The number of benzene rings is 1. The molecule has 16 heavy (non-hydrogen) atoms. The van der Waals surface area contributed by atoms with Crippen LogP contribution in [0, 0.1) is 0 Å². The van der Waals surface area contributed by atoms with Crippen LogP contribution < -0.4 is 14.8 Å². The van der Waals surface area contributed by atoms with Crippen molar-refractivity contribution >= 4 is 6.41 Å². The minimum atomic E-state index is 0.403. The molecule has 1 N–H and O–H groups in total. The van der Waals surface area contributed by atoms with Crippen LogP contribution in [0.4, 0.5) is 0 Å². The topological polar surface area (TPSA) is 47.6 Å². The number of carbonyl (C=O) groups excluding carboxylic acids is 1. The van der Waals surface area contributed by atoms with Crippen molar-refractivity contribution in [2.24, 2.45) is 0 Å². The summed E-state index contributed by atoms with van der Waals surface area (Å²) in [5, 5.41) is 2.70. The Morgan fingerprint density at radius 3 is 2.69 bits per heavy atom. The molecule has 0 saturated heterocycles. The lowest BCUT2D eigenvalue weighted by Gasteiger charge is -2.31. The summed E-state index contributed by atoms with van der Waals surface area (Å²) in [7, 11) is 3.26. The monoisotopic (exact) mass is 221 g/mol. The Kier molecular flexibility index (Phi) is 2.99. The zero-order valence-corrected chi connectivity index (χ0v) is 9.45. The summed E-state index contributed by atoms with van der Waals surface area (Å²) in [5.74, 6) is 1.92. The van der Waals surface area contributed by atoms with E-state index in [1.165, 1.54) is 11.1 Å². The molecular formula is C12H15NO3. The van der Waals surface area contributed by atoms with Gasteiger partial charge in [-0.25, -0.2) is 0 Å². The van der Waals surface area contributed by atoms with E-state index in [1.807, 2.05) is 12.1 Å². The number of fused-ring (bicyclic) bond motifs is 1. The molecule has 0 bridgehead atoms. The van der Waals surface area contributed by atoms with Crippen molar-refractivity contribution in [2.75, 3.05) is 20.8 Å². The Hall–Kier alpha value is -1.71. The summed E-state index contributed by atoms with van der Waals surface area (Å²) >= 11 is 0. The maximum atomic E-state index is 10.2. The summed E-state index contributed by atoms with van der Waals surface area (Å²) in [4.78, 5) is 10.2. The van der Waals surface area contributed by atoms with Crippen LogP contribution in [-0.4, -0.2) is 27.2 Å². The number of hydrogen-bond donors (Lipinski definition) is 1. The smallest absolute Gasteiger partial charge is 0.207 e. The first kappa shape index (κ1) is 10.8. The fourth-order valence-electron chi connectivity index (χ4n) is 2.11. The van der Waals surface area contributed by atoms with E-state index >= 15 is 0 Å². The number of hydrogen-bond acceptors (Lipinski definition) is 3. The quantitative estimate of drug-likeness (QED) is 0.757.